The molecule has 0 aliphatic heterocycles. The summed E-state index contributed by atoms with van der Waals surface area (Å²) < 4.78 is 2.69. The lowest BCUT2D eigenvalue weighted by Crippen LogP contribution is -2.12. The molecule has 0 amide bonds. The molecule has 0 spiro atoms. The molecule has 0 saturated heterocycles. The number of aromatic nitrogens is 4. The van der Waals surface area contributed by atoms with E-state index >= 15 is 0 Å². The molecule has 0 aliphatic carbocycles. The summed E-state index contributed by atoms with van der Waals surface area (Å²) in [7, 11) is 0. The first-order valence-corrected chi connectivity index (χ1v) is 5.21. The highest BCUT2D eigenvalue weighted by atomic mass is 79.9. The van der Waals surface area contributed by atoms with Crippen LogP contribution in [-0.2, 0) is 0 Å². The number of nitrogens with zero attached hydrogens (tertiary/aromatic N) is 3. The second kappa shape index (κ2) is 3.66. The normalized spacial score (nSPS) is 10.4. The smallest absolute Gasteiger partial charge is 0.267 e. The average molecular weight is 320 g/mol. The van der Waals surface area contributed by atoms with Gasteiger partial charge in [0, 0.05) is 6.20 Å². The third-order valence-corrected chi connectivity index (χ3v) is 2.67. The van der Waals surface area contributed by atoms with Crippen LogP contribution in [-0.4, -0.2) is 19.7 Å². The highest BCUT2D eigenvalue weighted by molar-refractivity contribution is 9.10. The van der Waals surface area contributed by atoms with E-state index in [2.05, 4.69) is 46.9 Å². The van der Waals surface area contributed by atoms with Crippen LogP contribution in [0.3, 0.4) is 0 Å². The fourth-order valence-corrected chi connectivity index (χ4v) is 1.63. The number of nitrogens with one attached hydrogen (secondary N) is 1. The van der Waals surface area contributed by atoms with Crippen molar-refractivity contribution >= 4 is 31.9 Å². The van der Waals surface area contributed by atoms with E-state index in [0.29, 0.717) is 10.3 Å². The Labute approximate surface area is 95.4 Å². The van der Waals surface area contributed by atoms with Gasteiger partial charge in [-0.15, -0.1) is 0 Å². The first kappa shape index (κ1) is 9.60. The van der Waals surface area contributed by atoms with Gasteiger partial charge in [0.25, 0.3) is 5.56 Å². The molecular formula is C7H4Br2N4O. The van der Waals surface area contributed by atoms with Gasteiger partial charge in [-0.3, -0.25) is 4.79 Å². The lowest BCUT2D eigenvalue weighted by Gasteiger charge is -2.00. The fraction of sp³-hybridized carbons (Fsp3) is 0. The molecule has 0 atom stereocenters. The molecule has 0 bridgehead atoms. The van der Waals surface area contributed by atoms with Crippen molar-refractivity contribution < 1.29 is 0 Å². The quantitative estimate of drug-likeness (QED) is 0.866. The Balaban J connectivity index is 2.63. The minimum Gasteiger partial charge on any atom is -0.312 e. The van der Waals surface area contributed by atoms with Crippen LogP contribution >= 0.6 is 31.9 Å². The second-order valence-electron chi connectivity index (χ2n) is 2.47. The van der Waals surface area contributed by atoms with Gasteiger partial charge < -0.3 is 4.98 Å². The molecule has 0 saturated carbocycles. The maximum atomic E-state index is 11.2. The van der Waals surface area contributed by atoms with Gasteiger partial charge in [-0.05, 0) is 31.9 Å². The molecular weight excluding hydrogens is 316 g/mol. The molecule has 0 aromatic carbocycles. The van der Waals surface area contributed by atoms with Gasteiger partial charge in [-0.1, -0.05) is 0 Å². The van der Waals surface area contributed by atoms with E-state index in [1.807, 2.05) is 0 Å². The second-order valence-corrected chi connectivity index (χ2v) is 4.18. The zero-order valence-electron chi connectivity index (χ0n) is 6.74. The molecule has 0 radical (unpaired) electrons. The summed E-state index contributed by atoms with van der Waals surface area (Å²) >= 11 is 6.40. The standard InChI is InChI=1S/C7H4Br2N4O/c8-4-1-12-13(2-4)6-5(9)7(14)11-3-10-6/h1-3H,(H,10,11,14). The van der Waals surface area contributed by atoms with E-state index < -0.39 is 0 Å². The highest BCUT2D eigenvalue weighted by Gasteiger charge is 2.07. The summed E-state index contributed by atoms with van der Waals surface area (Å²) in [5.41, 5.74) is -0.235. The predicted octanol–water partition coefficient (Wildman–Crippen LogP) is 1.48. The van der Waals surface area contributed by atoms with Crippen molar-refractivity contribution in [1.29, 1.82) is 0 Å². The Morgan fingerprint density at radius 1 is 1.43 bits per heavy atom. The zero-order chi connectivity index (χ0) is 10.1. The molecule has 2 heterocycles. The summed E-state index contributed by atoms with van der Waals surface area (Å²) in [4.78, 5) is 17.7. The molecule has 5 nitrogen and oxygen atoms in total. The number of H-pyrrole nitrogens is 1. The lowest BCUT2D eigenvalue weighted by molar-refractivity contribution is 0.828. The minimum atomic E-state index is -0.235. The number of hydrogen-bond acceptors (Lipinski definition) is 3. The first-order valence-electron chi connectivity index (χ1n) is 3.62. The predicted molar refractivity (Wildman–Crippen MR) is 57.4 cm³/mol. The molecule has 2 aromatic rings. The average Bonchev–Trinajstić information content (AvgIpc) is 2.57. The van der Waals surface area contributed by atoms with Crippen LogP contribution in [0.25, 0.3) is 5.82 Å². The molecule has 14 heavy (non-hydrogen) atoms. The third kappa shape index (κ3) is 1.64. The number of rotatable bonds is 1. The Kier molecular flexibility index (Phi) is 2.51. The summed E-state index contributed by atoms with van der Waals surface area (Å²) in [5.74, 6) is 0.458. The largest absolute Gasteiger partial charge is 0.312 e. The van der Waals surface area contributed by atoms with Crippen molar-refractivity contribution in [3.8, 4) is 5.82 Å². The van der Waals surface area contributed by atoms with E-state index in [1.54, 1.807) is 12.4 Å². The summed E-state index contributed by atoms with van der Waals surface area (Å²) in [5, 5.41) is 4.01. The maximum absolute atomic E-state index is 11.2. The van der Waals surface area contributed by atoms with Crippen LogP contribution in [0.1, 0.15) is 0 Å². The van der Waals surface area contributed by atoms with Crippen molar-refractivity contribution in [2.75, 3.05) is 0 Å². The SMILES string of the molecule is O=c1[nH]cnc(-n2cc(Br)cn2)c1Br. The van der Waals surface area contributed by atoms with Crippen molar-refractivity contribution in [3.63, 3.8) is 0 Å². The van der Waals surface area contributed by atoms with E-state index in [0.717, 1.165) is 4.47 Å². The van der Waals surface area contributed by atoms with E-state index in [4.69, 9.17) is 0 Å². The Morgan fingerprint density at radius 3 is 2.86 bits per heavy atom. The molecule has 0 fully saturated rings. The van der Waals surface area contributed by atoms with Crippen LogP contribution in [0, 0.1) is 0 Å². The van der Waals surface area contributed by atoms with Crippen molar-refractivity contribution in [1.82, 2.24) is 19.7 Å². The van der Waals surface area contributed by atoms with Crippen molar-refractivity contribution in [2.24, 2.45) is 0 Å². The van der Waals surface area contributed by atoms with Gasteiger partial charge in [-0.25, -0.2) is 9.67 Å². The van der Waals surface area contributed by atoms with Gasteiger partial charge in [0.2, 0.25) is 0 Å². The number of halogens is 2. The van der Waals surface area contributed by atoms with E-state index in [9.17, 15) is 4.79 Å². The molecule has 1 N–H and O–H groups in total. The fourth-order valence-electron chi connectivity index (χ4n) is 0.950. The summed E-state index contributed by atoms with van der Waals surface area (Å²) in [6, 6.07) is 0. The monoisotopic (exact) mass is 318 g/mol. The minimum absolute atomic E-state index is 0.235. The zero-order valence-corrected chi connectivity index (χ0v) is 9.91. The van der Waals surface area contributed by atoms with Crippen LogP contribution in [0.15, 0.2) is 32.5 Å². The molecule has 72 valence electrons. The van der Waals surface area contributed by atoms with Gasteiger partial charge in [0.05, 0.1) is 17.0 Å². The summed E-state index contributed by atoms with van der Waals surface area (Å²) in [6.45, 7) is 0. The number of aromatic amines is 1. The van der Waals surface area contributed by atoms with Crippen LogP contribution < -0.4 is 5.56 Å². The van der Waals surface area contributed by atoms with Crippen LogP contribution in [0.2, 0.25) is 0 Å². The first-order chi connectivity index (χ1) is 6.68. The molecule has 0 unspecified atom stereocenters. The maximum Gasteiger partial charge on any atom is 0.267 e. The number of hydrogen-bond donors (Lipinski definition) is 1. The lowest BCUT2D eigenvalue weighted by atomic mass is 10.6. The van der Waals surface area contributed by atoms with E-state index in [1.165, 1.54) is 11.0 Å². The molecule has 2 rings (SSSR count). The topological polar surface area (TPSA) is 63.6 Å². The van der Waals surface area contributed by atoms with Gasteiger partial charge in [-0.2, -0.15) is 5.10 Å². The van der Waals surface area contributed by atoms with Crippen molar-refractivity contribution in [2.45, 2.75) is 0 Å². The Hall–Kier alpha value is -0.950. The highest BCUT2D eigenvalue weighted by Crippen LogP contribution is 2.15. The van der Waals surface area contributed by atoms with Crippen molar-refractivity contribution in [3.05, 3.63) is 38.0 Å². The van der Waals surface area contributed by atoms with E-state index in [-0.39, 0.29) is 5.56 Å². The molecule has 7 heteroatoms. The van der Waals surface area contributed by atoms with Gasteiger partial charge >= 0.3 is 0 Å². The third-order valence-electron chi connectivity index (χ3n) is 1.55. The summed E-state index contributed by atoms with van der Waals surface area (Å²) in [6.07, 6.45) is 4.67. The molecule has 0 aliphatic rings. The Morgan fingerprint density at radius 2 is 2.21 bits per heavy atom. The Bertz CT molecular complexity index is 518. The van der Waals surface area contributed by atoms with Crippen LogP contribution in [0.5, 0.6) is 0 Å². The molecule has 2 aromatic heterocycles. The van der Waals surface area contributed by atoms with Gasteiger partial charge in [0.1, 0.15) is 4.47 Å². The van der Waals surface area contributed by atoms with Crippen LogP contribution in [0.4, 0.5) is 0 Å². The van der Waals surface area contributed by atoms with Gasteiger partial charge in [0.15, 0.2) is 5.82 Å².